The highest BCUT2D eigenvalue weighted by atomic mass is 19.2. The Labute approximate surface area is 74.9 Å². The summed E-state index contributed by atoms with van der Waals surface area (Å²) in [6.07, 6.45) is 0. The zero-order chi connectivity index (χ0) is 10.9. The van der Waals surface area contributed by atoms with E-state index >= 15 is 0 Å². The first-order valence-electron chi connectivity index (χ1n) is 3.26. The van der Waals surface area contributed by atoms with Crippen molar-refractivity contribution in [3.05, 3.63) is 34.9 Å². The van der Waals surface area contributed by atoms with Crippen LogP contribution in [0.2, 0.25) is 0 Å². The van der Waals surface area contributed by atoms with Crippen LogP contribution < -0.4 is 5.48 Å². The van der Waals surface area contributed by atoms with Crippen molar-refractivity contribution in [2.75, 3.05) is 0 Å². The van der Waals surface area contributed by atoms with E-state index in [1.165, 1.54) is 0 Å². The largest absolute Gasteiger partial charge is 0.288 e. The van der Waals surface area contributed by atoms with Crippen molar-refractivity contribution in [3.8, 4) is 0 Å². The molecule has 0 saturated heterocycles. The van der Waals surface area contributed by atoms with Gasteiger partial charge in [0.15, 0.2) is 23.3 Å². The molecular formula is C7H3F4NO2. The SMILES string of the molecule is O=C(NO)c1c(F)c(F)cc(F)c1F. The summed E-state index contributed by atoms with van der Waals surface area (Å²) in [7, 11) is 0. The molecule has 0 bridgehead atoms. The van der Waals surface area contributed by atoms with Crippen LogP contribution in [0.4, 0.5) is 17.6 Å². The molecule has 76 valence electrons. The van der Waals surface area contributed by atoms with Gasteiger partial charge in [0.2, 0.25) is 0 Å². The van der Waals surface area contributed by atoms with E-state index in [0.717, 1.165) is 5.48 Å². The second-order valence-corrected chi connectivity index (χ2v) is 2.28. The van der Waals surface area contributed by atoms with Gasteiger partial charge < -0.3 is 0 Å². The lowest BCUT2D eigenvalue weighted by Crippen LogP contribution is -2.23. The number of hydrogen-bond acceptors (Lipinski definition) is 2. The van der Waals surface area contributed by atoms with Crippen LogP contribution in [0.5, 0.6) is 0 Å². The molecule has 0 aliphatic rings. The molecule has 1 aromatic carbocycles. The first kappa shape index (κ1) is 10.5. The number of halogens is 4. The first-order valence-corrected chi connectivity index (χ1v) is 3.26. The van der Waals surface area contributed by atoms with Crippen LogP contribution in [-0.2, 0) is 0 Å². The molecule has 7 heteroatoms. The molecule has 14 heavy (non-hydrogen) atoms. The normalized spacial score (nSPS) is 10.1. The number of rotatable bonds is 1. The quantitative estimate of drug-likeness (QED) is 0.317. The molecule has 0 aromatic heterocycles. The lowest BCUT2D eigenvalue weighted by atomic mass is 10.1. The van der Waals surface area contributed by atoms with Crippen molar-refractivity contribution in [1.82, 2.24) is 5.48 Å². The molecule has 2 N–H and O–H groups in total. The Morgan fingerprint density at radius 3 is 1.93 bits per heavy atom. The minimum atomic E-state index is -1.87. The summed E-state index contributed by atoms with van der Waals surface area (Å²) in [5, 5.41) is 8.04. The van der Waals surface area contributed by atoms with Gasteiger partial charge in [0.25, 0.3) is 5.91 Å². The monoisotopic (exact) mass is 209 g/mol. The molecule has 1 rings (SSSR count). The second-order valence-electron chi connectivity index (χ2n) is 2.28. The summed E-state index contributed by atoms with van der Waals surface area (Å²) in [6.45, 7) is 0. The molecule has 0 fully saturated rings. The van der Waals surface area contributed by atoms with E-state index in [-0.39, 0.29) is 6.07 Å². The number of nitrogens with one attached hydrogen (secondary N) is 1. The maximum Gasteiger partial charge on any atom is 0.280 e. The summed E-state index contributed by atoms with van der Waals surface area (Å²) < 4.78 is 50.4. The predicted molar refractivity (Wildman–Crippen MR) is 35.5 cm³/mol. The van der Waals surface area contributed by atoms with Gasteiger partial charge in [0, 0.05) is 6.07 Å². The van der Waals surface area contributed by atoms with E-state index < -0.39 is 34.7 Å². The van der Waals surface area contributed by atoms with Crippen molar-refractivity contribution in [2.45, 2.75) is 0 Å². The molecule has 0 heterocycles. The summed E-state index contributed by atoms with van der Waals surface area (Å²) >= 11 is 0. The van der Waals surface area contributed by atoms with E-state index in [4.69, 9.17) is 5.21 Å². The van der Waals surface area contributed by atoms with Crippen LogP contribution in [0.25, 0.3) is 0 Å². The second kappa shape index (κ2) is 3.62. The number of hydrogen-bond donors (Lipinski definition) is 2. The Morgan fingerprint density at radius 2 is 1.57 bits per heavy atom. The molecule has 0 spiro atoms. The van der Waals surface area contributed by atoms with Crippen LogP contribution in [0.3, 0.4) is 0 Å². The number of carbonyl (C=O) groups is 1. The van der Waals surface area contributed by atoms with E-state index in [0.29, 0.717) is 0 Å². The molecule has 0 radical (unpaired) electrons. The molecule has 0 atom stereocenters. The third-order valence-corrected chi connectivity index (χ3v) is 1.44. The van der Waals surface area contributed by atoms with Crippen LogP contribution in [-0.4, -0.2) is 11.1 Å². The zero-order valence-electron chi connectivity index (χ0n) is 6.44. The Kier molecular flexibility index (Phi) is 2.70. The van der Waals surface area contributed by atoms with Crippen molar-refractivity contribution in [2.24, 2.45) is 0 Å². The third-order valence-electron chi connectivity index (χ3n) is 1.44. The van der Waals surface area contributed by atoms with Crippen LogP contribution in [0.1, 0.15) is 10.4 Å². The van der Waals surface area contributed by atoms with Gasteiger partial charge in [-0.3, -0.25) is 10.0 Å². The van der Waals surface area contributed by atoms with Gasteiger partial charge in [-0.2, -0.15) is 0 Å². The highest BCUT2D eigenvalue weighted by molar-refractivity contribution is 5.93. The average molecular weight is 209 g/mol. The fraction of sp³-hybridized carbons (Fsp3) is 0. The average Bonchev–Trinajstić information content (AvgIpc) is 2.15. The predicted octanol–water partition coefficient (Wildman–Crippen LogP) is 1.36. The maximum absolute atomic E-state index is 12.7. The van der Waals surface area contributed by atoms with E-state index in [1.807, 2.05) is 0 Å². The highest BCUT2D eigenvalue weighted by Gasteiger charge is 2.24. The lowest BCUT2D eigenvalue weighted by Gasteiger charge is -2.03. The Balaban J connectivity index is 3.47. The maximum atomic E-state index is 12.7. The van der Waals surface area contributed by atoms with Gasteiger partial charge in [0.05, 0.1) is 0 Å². The molecule has 3 nitrogen and oxygen atoms in total. The van der Waals surface area contributed by atoms with Gasteiger partial charge in [0.1, 0.15) is 5.56 Å². The standard InChI is InChI=1S/C7H3F4NO2/c8-2-1-3(9)6(11)4(5(2)10)7(13)12-14/h1,14H,(H,12,13). The molecule has 1 aromatic rings. The Hall–Kier alpha value is -1.63. The minimum Gasteiger partial charge on any atom is -0.288 e. The third kappa shape index (κ3) is 1.53. The molecule has 0 aliphatic carbocycles. The highest BCUT2D eigenvalue weighted by Crippen LogP contribution is 2.18. The number of amides is 1. The summed E-state index contributed by atoms with van der Waals surface area (Å²) in [6, 6.07) is -0.0428. The van der Waals surface area contributed by atoms with Gasteiger partial charge in [-0.25, -0.2) is 23.0 Å². The van der Waals surface area contributed by atoms with E-state index in [9.17, 15) is 22.4 Å². The van der Waals surface area contributed by atoms with Crippen LogP contribution in [0, 0.1) is 23.3 Å². The van der Waals surface area contributed by atoms with Crippen molar-refractivity contribution < 1.29 is 27.6 Å². The summed E-state index contributed by atoms with van der Waals surface area (Å²) in [5.74, 6) is -8.84. The molecular weight excluding hydrogens is 206 g/mol. The van der Waals surface area contributed by atoms with Crippen LogP contribution in [0.15, 0.2) is 6.07 Å². The van der Waals surface area contributed by atoms with Crippen molar-refractivity contribution >= 4 is 5.91 Å². The fourth-order valence-corrected chi connectivity index (χ4v) is 0.828. The van der Waals surface area contributed by atoms with Crippen molar-refractivity contribution in [1.29, 1.82) is 0 Å². The van der Waals surface area contributed by atoms with Crippen molar-refractivity contribution in [3.63, 3.8) is 0 Å². The van der Waals surface area contributed by atoms with E-state index in [1.54, 1.807) is 0 Å². The molecule has 1 amide bonds. The van der Waals surface area contributed by atoms with Gasteiger partial charge in [-0.15, -0.1) is 0 Å². The van der Waals surface area contributed by atoms with Gasteiger partial charge in [-0.05, 0) is 0 Å². The topological polar surface area (TPSA) is 49.3 Å². The van der Waals surface area contributed by atoms with Gasteiger partial charge >= 0.3 is 0 Å². The summed E-state index contributed by atoms with van der Waals surface area (Å²) in [5.41, 5.74) is -0.644. The fourth-order valence-electron chi connectivity index (χ4n) is 0.828. The Bertz CT molecular complexity index is 368. The zero-order valence-corrected chi connectivity index (χ0v) is 6.44. The smallest absolute Gasteiger partial charge is 0.280 e. The lowest BCUT2D eigenvalue weighted by molar-refractivity contribution is 0.0694. The number of carbonyl (C=O) groups excluding carboxylic acids is 1. The molecule has 0 saturated carbocycles. The Morgan fingerprint density at radius 1 is 1.14 bits per heavy atom. The molecule has 0 aliphatic heterocycles. The first-order chi connectivity index (χ1) is 6.49. The number of benzene rings is 1. The molecule has 0 unspecified atom stereocenters. The van der Waals surface area contributed by atoms with Crippen LogP contribution >= 0.6 is 0 Å². The minimum absolute atomic E-state index is 0.0428. The number of hydroxylamine groups is 1. The van der Waals surface area contributed by atoms with E-state index in [2.05, 4.69) is 0 Å². The van der Waals surface area contributed by atoms with Gasteiger partial charge in [-0.1, -0.05) is 0 Å². The summed E-state index contributed by atoms with van der Waals surface area (Å²) in [4.78, 5) is 10.6.